The van der Waals surface area contributed by atoms with Crippen LogP contribution in [-0.2, 0) is 0 Å². The van der Waals surface area contributed by atoms with Crippen molar-refractivity contribution in [2.45, 2.75) is 6.92 Å². The van der Waals surface area contributed by atoms with E-state index < -0.39 is 0 Å². The van der Waals surface area contributed by atoms with Crippen molar-refractivity contribution in [2.24, 2.45) is 5.10 Å². The smallest absolute Gasteiger partial charge is 0.171 e. The molecule has 3 heteroatoms. The van der Waals surface area contributed by atoms with Crippen molar-refractivity contribution in [3.8, 4) is 6.19 Å². The van der Waals surface area contributed by atoms with E-state index in [1.807, 2.05) is 36.5 Å². The molecule has 0 saturated heterocycles. The molecule has 1 aromatic carbocycles. The van der Waals surface area contributed by atoms with Gasteiger partial charge in [-0.1, -0.05) is 18.2 Å². The van der Waals surface area contributed by atoms with Crippen LogP contribution in [0.15, 0.2) is 35.4 Å². The van der Waals surface area contributed by atoms with Crippen LogP contribution in [-0.4, -0.2) is 6.21 Å². The van der Waals surface area contributed by atoms with Crippen molar-refractivity contribution in [2.75, 3.05) is 5.01 Å². The first-order chi connectivity index (χ1) is 5.88. The first-order valence-corrected chi connectivity index (χ1v) is 3.62. The van der Waals surface area contributed by atoms with Crippen molar-refractivity contribution >= 4 is 11.9 Å². The summed E-state index contributed by atoms with van der Waals surface area (Å²) in [5.41, 5.74) is 0.776. The van der Waals surface area contributed by atoms with Crippen LogP contribution in [0.5, 0.6) is 0 Å². The summed E-state index contributed by atoms with van der Waals surface area (Å²) in [6, 6.07) is 9.29. The zero-order valence-corrected chi connectivity index (χ0v) is 6.81. The third-order valence-electron chi connectivity index (χ3n) is 1.33. The Kier molecular flexibility index (Phi) is 2.86. The van der Waals surface area contributed by atoms with Crippen LogP contribution in [0.3, 0.4) is 0 Å². The fraction of sp³-hybridized carbons (Fsp3) is 0.111. The summed E-state index contributed by atoms with van der Waals surface area (Å²) in [6.45, 7) is 1.77. The van der Waals surface area contributed by atoms with E-state index in [0.717, 1.165) is 5.69 Å². The van der Waals surface area contributed by atoms with E-state index in [0.29, 0.717) is 0 Å². The van der Waals surface area contributed by atoms with Crippen molar-refractivity contribution in [3.63, 3.8) is 0 Å². The summed E-state index contributed by atoms with van der Waals surface area (Å²) in [5, 5.41) is 13.8. The first kappa shape index (κ1) is 8.28. The molecule has 60 valence electrons. The average Bonchev–Trinajstić information content (AvgIpc) is 2.15. The van der Waals surface area contributed by atoms with Crippen molar-refractivity contribution < 1.29 is 0 Å². The van der Waals surface area contributed by atoms with Gasteiger partial charge in [0.1, 0.15) is 0 Å². The molecule has 0 N–H and O–H groups in total. The Balaban J connectivity index is 2.90. The second kappa shape index (κ2) is 4.14. The van der Waals surface area contributed by atoms with Gasteiger partial charge < -0.3 is 0 Å². The van der Waals surface area contributed by atoms with Gasteiger partial charge in [-0.3, -0.25) is 0 Å². The van der Waals surface area contributed by atoms with Crippen LogP contribution in [0.1, 0.15) is 6.92 Å². The summed E-state index contributed by atoms with van der Waals surface area (Å²) < 4.78 is 0. The summed E-state index contributed by atoms with van der Waals surface area (Å²) in [5.74, 6) is 0. The molecule has 0 unspecified atom stereocenters. The summed E-state index contributed by atoms with van der Waals surface area (Å²) in [4.78, 5) is 0. The number of hydrazone groups is 1. The van der Waals surface area contributed by atoms with E-state index in [2.05, 4.69) is 5.10 Å². The molecule has 0 heterocycles. The van der Waals surface area contributed by atoms with Crippen LogP contribution in [0, 0.1) is 11.5 Å². The minimum absolute atomic E-state index is 0.776. The van der Waals surface area contributed by atoms with Crippen molar-refractivity contribution in [3.05, 3.63) is 30.3 Å². The van der Waals surface area contributed by atoms with E-state index in [4.69, 9.17) is 5.26 Å². The number of para-hydroxylation sites is 1. The fourth-order valence-corrected chi connectivity index (χ4v) is 0.835. The Morgan fingerprint density at radius 1 is 1.42 bits per heavy atom. The van der Waals surface area contributed by atoms with E-state index in [-0.39, 0.29) is 0 Å². The van der Waals surface area contributed by atoms with Gasteiger partial charge in [0.05, 0.1) is 5.69 Å². The molecule has 0 aliphatic heterocycles. The molecule has 12 heavy (non-hydrogen) atoms. The van der Waals surface area contributed by atoms with E-state index >= 15 is 0 Å². The number of anilines is 1. The Hall–Kier alpha value is -1.82. The summed E-state index contributed by atoms with van der Waals surface area (Å²) >= 11 is 0. The van der Waals surface area contributed by atoms with Crippen LogP contribution in [0.2, 0.25) is 0 Å². The van der Waals surface area contributed by atoms with Gasteiger partial charge in [0, 0.05) is 6.21 Å². The zero-order chi connectivity index (χ0) is 8.81. The minimum atomic E-state index is 0.776. The van der Waals surface area contributed by atoms with Crippen LogP contribution < -0.4 is 5.01 Å². The topological polar surface area (TPSA) is 39.4 Å². The highest BCUT2D eigenvalue weighted by atomic mass is 15.4. The second-order valence-corrected chi connectivity index (χ2v) is 2.12. The Morgan fingerprint density at radius 3 is 2.58 bits per heavy atom. The third-order valence-corrected chi connectivity index (χ3v) is 1.33. The lowest BCUT2D eigenvalue weighted by Gasteiger charge is -2.06. The summed E-state index contributed by atoms with van der Waals surface area (Å²) in [7, 11) is 0. The molecule has 0 aliphatic rings. The molecule has 0 spiro atoms. The molecule has 1 aromatic rings. The fourth-order valence-electron chi connectivity index (χ4n) is 0.835. The zero-order valence-electron chi connectivity index (χ0n) is 6.81. The van der Waals surface area contributed by atoms with Crippen LogP contribution >= 0.6 is 0 Å². The summed E-state index contributed by atoms with van der Waals surface area (Å²) in [6.07, 6.45) is 3.53. The molecule has 0 bridgehead atoms. The number of nitrogens with zero attached hydrogens (tertiary/aromatic N) is 3. The lowest BCUT2D eigenvalue weighted by Crippen LogP contribution is -2.06. The lowest BCUT2D eigenvalue weighted by molar-refractivity contribution is 1.09. The molecule has 0 aliphatic carbocycles. The van der Waals surface area contributed by atoms with Gasteiger partial charge in [-0.25, -0.2) is 0 Å². The maximum atomic E-state index is 8.67. The highest BCUT2D eigenvalue weighted by Crippen LogP contribution is 2.11. The number of hydrogen-bond donors (Lipinski definition) is 0. The van der Waals surface area contributed by atoms with Gasteiger partial charge in [0.2, 0.25) is 6.19 Å². The normalized spacial score (nSPS) is 9.67. The molecule has 0 amide bonds. The Morgan fingerprint density at radius 2 is 2.08 bits per heavy atom. The quantitative estimate of drug-likeness (QED) is 0.286. The molecular formula is C9H9N3. The predicted molar refractivity (Wildman–Crippen MR) is 48.7 cm³/mol. The van der Waals surface area contributed by atoms with E-state index in [9.17, 15) is 0 Å². The van der Waals surface area contributed by atoms with Crippen molar-refractivity contribution in [1.82, 2.24) is 0 Å². The average molecular weight is 159 g/mol. The van der Waals surface area contributed by atoms with Gasteiger partial charge in [-0.05, 0) is 19.1 Å². The first-order valence-electron chi connectivity index (χ1n) is 3.62. The van der Waals surface area contributed by atoms with E-state index in [1.165, 1.54) is 5.01 Å². The maximum absolute atomic E-state index is 8.67. The SMILES string of the molecule is CC=NN(C#N)c1ccccc1. The van der Waals surface area contributed by atoms with Crippen LogP contribution in [0.25, 0.3) is 0 Å². The molecule has 0 atom stereocenters. The molecule has 0 radical (unpaired) electrons. The van der Waals surface area contributed by atoms with Gasteiger partial charge in [0.25, 0.3) is 0 Å². The second-order valence-electron chi connectivity index (χ2n) is 2.12. The van der Waals surface area contributed by atoms with Gasteiger partial charge in [-0.2, -0.15) is 15.4 Å². The highest BCUT2D eigenvalue weighted by molar-refractivity contribution is 5.59. The number of nitriles is 1. The van der Waals surface area contributed by atoms with Gasteiger partial charge in [-0.15, -0.1) is 0 Å². The van der Waals surface area contributed by atoms with Crippen molar-refractivity contribution in [1.29, 1.82) is 5.26 Å². The molecule has 0 saturated carbocycles. The number of benzene rings is 1. The van der Waals surface area contributed by atoms with Gasteiger partial charge >= 0.3 is 0 Å². The molecule has 0 aromatic heterocycles. The Bertz CT molecular complexity index is 297. The Labute approximate surface area is 71.5 Å². The van der Waals surface area contributed by atoms with Gasteiger partial charge in [0.15, 0.2) is 0 Å². The number of rotatable bonds is 2. The monoisotopic (exact) mass is 159 g/mol. The molecule has 0 fully saturated rings. The lowest BCUT2D eigenvalue weighted by atomic mass is 10.3. The molecular weight excluding hydrogens is 150 g/mol. The molecule has 3 nitrogen and oxygen atoms in total. The van der Waals surface area contributed by atoms with E-state index in [1.54, 1.807) is 13.1 Å². The number of hydrogen-bond acceptors (Lipinski definition) is 3. The largest absolute Gasteiger partial charge is 0.206 e. The standard InChI is InChI=1S/C9H9N3/c1-2-11-12(8-10)9-6-4-3-5-7-9/h2-7H,1H3. The predicted octanol–water partition coefficient (Wildman–Crippen LogP) is 1.98. The van der Waals surface area contributed by atoms with Crippen LogP contribution in [0.4, 0.5) is 5.69 Å². The molecule has 1 rings (SSSR count). The maximum Gasteiger partial charge on any atom is 0.206 e. The highest BCUT2D eigenvalue weighted by Gasteiger charge is 1.98. The minimum Gasteiger partial charge on any atom is -0.171 e. The third kappa shape index (κ3) is 1.83.